The number of benzene rings is 2. The van der Waals surface area contributed by atoms with Crippen molar-refractivity contribution in [2.24, 2.45) is 0 Å². The molecule has 0 saturated heterocycles. The van der Waals surface area contributed by atoms with E-state index in [4.69, 9.17) is 0 Å². The van der Waals surface area contributed by atoms with Gasteiger partial charge in [0, 0.05) is 23.2 Å². The summed E-state index contributed by atoms with van der Waals surface area (Å²) in [5.41, 5.74) is 0.0980. The largest absolute Gasteiger partial charge is 0.416 e. The molecule has 5 nitrogen and oxygen atoms in total. The molecule has 3 rings (SSSR count). The number of alkyl halides is 3. The van der Waals surface area contributed by atoms with Crippen LogP contribution in [-0.4, -0.2) is 34.3 Å². The highest BCUT2D eigenvalue weighted by Crippen LogP contribution is 2.30. The zero-order valence-corrected chi connectivity index (χ0v) is 20.0. The van der Waals surface area contributed by atoms with Crippen LogP contribution in [0.4, 0.5) is 28.0 Å². The van der Waals surface area contributed by atoms with E-state index in [0.717, 1.165) is 22.6 Å². The van der Waals surface area contributed by atoms with Crippen LogP contribution in [0.15, 0.2) is 66.0 Å². The van der Waals surface area contributed by atoms with Crippen LogP contribution in [0.3, 0.4) is 0 Å². The highest BCUT2D eigenvalue weighted by molar-refractivity contribution is 7.09. The van der Waals surface area contributed by atoms with Gasteiger partial charge < -0.3 is 15.1 Å². The molecule has 3 amide bonds. The third-order valence-corrected chi connectivity index (χ3v) is 6.08. The Balaban J connectivity index is 1.73. The van der Waals surface area contributed by atoms with Crippen molar-refractivity contribution >= 4 is 29.0 Å². The molecule has 0 radical (unpaired) electrons. The monoisotopic (exact) mass is 507 g/mol. The van der Waals surface area contributed by atoms with Crippen molar-refractivity contribution in [2.75, 3.05) is 11.9 Å². The van der Waals surface area contributed by atoms with Crippen molar-refractivity contribution in [3.8, 4) is 0 Å². The molecule has 0 bridgehead atoms. The number of carbonyl (C=O) groups is 2. The topological polar surface area (TPSA) is 52.7 Å². The van der Waals surface area contributed by atoms with Gasteiger partial charge in [0.25, 0.3) is 0 Å². The first-order chi connectivity index (χ1) is 16.5. The molecule has 10 heteroatoms. The van der Waals surface area contributed by atoms with Gasteiger partial charge in [-0.1, -0.05) is 18.2 Å². The fraction of sp³-hybridized carbons (Fsp3) is 0.280. The van der Waals surface area contributed by atoms with E-state index in [9.17, 15) is 27.2 Å². The molecule has 0 aliphatic heterocycles. The molecule has 3 aromatic rings. The molecule has 1 aromatic heterocycles. The first kappa shape index (κ1) is 26.2. The molecule has 0 saturated carbocycles. The average molecular weight is 508 g/mol. The molecule has 0 aliphatic rings. The summed E-state index contributed by atoms with van der Waals surface area (Å²) in [6.45, 7) is 3.78. The number of thiophene rings is 1. The maximum absolute atomic E-state index is 13.3. The Morgan fingerprint density at radius 1 is 0.971 bits per heavy atom. The van der Waals surface area contributed by atoms with Crippen molar-refractivity contribution in [3.05, 3.63) is 87.9 Å². The number of hydrogen-bond donors (Lipinski definition) is 1. The van der Waals surface area contributed by atoms with Crippen LogP contribution in [0.1, 0.15) is 29.9 Å². The SMILES string of the molecule is CC(C)N(CC(=O)N(Cc1ccc(F)cc1)Cc1cccs1)C(=O)Nc1ccc(C(F)(F)F)cc1. The van der Waals surface area contributed by atoms with Crippen LogP contribution in [0.5, 0.6) is 0 Å². The van der Waals surface area contributed by atoms with Crippen LogP contribution in [0.2, 0.25) is 0 Å². The summed E-state index contributed by atoms with van der Waals surface area (Å²) in [5.74, 6) is -0.699. The van der Waals surface area contributed by atoms with Crippen LogP contribution in [0, 0.1) is 5.82 Å². The van der Waals surface area contributed by atoms with Crippen LogP contribution in [0.25, 0.3) is 0 Å². The number of amides is 3. The van der Waals surface area contributed by atoms with Gasteiger partial charge in [-0.2, -0.15) is 13.2 Å². The first-order valence-electron chi connectivity index (χ1n) is 10.8. The third-order valence-electron chi connectivity index (χ3n) is 5.22. The number of halogens is 4. The Bertz CT molecular complexity index is 1120. The summed E-state index contributed by atoms with van der Waals surface area (Å²) in [6, 6.07) is 12.7. The Morgan fingerprint density at radius 3 is 2.17 bits per heavy atom. The predicted octanol–water partition coefficient (Wildman–Crippen LogP) is 6.38. The van der Waals surface area contributed by atoms with E-state index in [1.807, 2.05) is 17.5 Å². The summed E-state index contributed by atoms with van der Waals surface area (Å²) in [7, 11) is 0. The highest BCUT2D eigenvalue weighted by atomic mass is 32.1. The number of hydrogen-bond acceptors (Lipinski definition) is 3. The van der Waals surface area contributed by atoms with Crippen molar-refractivity contribution in [1.29, 1.82) is 0 Å². The van der Waals surface area contributed by atoms with Crippen molar-refractivity contribution in [1.82, 2.24) is 9.80 Å². The zero-order valence-electron chi connectivity index (χ0n) is 19.2. The van der Waals surface area contributed by atoms with Gasteiger partial charge in [0.1, 0.15) is 12.4 Å². The van der Waals surface area contributed by atoms with E-state index in [1.165, 1.54) is 40.5 Å². The Morgan fingerprint density at radius 2 is 1.63 bits per heavy atom. The number of carbonyl (C=O) groups excluding carboxylic acids is 2. The fourth-order valence-electron chi connectivity index (χ4n) is 3.31. The van der Waals surface area contributed by atoms with Crippen LogP contribution >= 0.6 is 11.3 Å². The Kier molecular flexibility index (Phi) is 8.50. The molecular weight excluding hydrogens is 482 g/mol. The van der Waals surface area contributed by atoms with Gasteiger partial charge >= 0.3 is 12.2 Å². The van der Waals surface area contributed by atoms with Crippen LogP contribution < -0.4 is 5.32 Å². The molecule has 1 N–H and O–H groups in total. The molecule has 0 atom stereocenters. The lowest BCUT2D eigenvalue weighted by Crippen LogP contribution is -2.47. The second kappa shape index (κ2) is 11.4. The van der Waals surface area contributed by atoms with E-state index in [0.29, 0.717) is 6.54 Å². The van der Waals surface area contributed by atoms with Crippen molar-refractivity contribution in [2.45, 2.75) is 39.2 Å². The van der Waals surface area contributed by atoms with Gasteiger partial charge in [-0.3, -0.25) is 4.79 Å². The molecule has 0 spiro atoms. The number of nitrogens with one attached hydrogen (secondary N) is 1. The molecule has 186 valence electrons. The summed E-state index contributed by atoms with van der Waals surface area (Å²) in [4.78, 5) is 30.0. The lowest BCUT2D eigenvalue weighted by molar-refractivity contribution is -0.137. The molecule has 2 aromatic carbocycles. The number of nitrogens with zero attached hydrogens (tertiary/aromatic N) is 2. The second-order valence-corrected chi connectivity index (χ2v) is 9.21. The summed E-state index contributed by atoms with van der Waals surface area (Å²) < 4.78 is 51.7. The lowest BCUT2D eigenvalue weighted by Gasteiger charge is -2.30. The van der Waals surface area contributed by atoms with Gasteiger partial charge in [0.2, 0.25) is 5.91 Å². The number of urea groups is 1. The summed E-state index contributed by atoms with van der Waals surface area (Å²) in [5, 5.41) is 4.45. The molecule has 0 fully saturated rings. The van der Waals surface area contributed by atoms with Gasteiger partial charge in [0.15, 0.2) is 0 Å². The van der Waals surface area contributed by atoms with E-state index < -0.39 is 17.8 Å². The smallest absolute Gasteiger partial charge is 0.332 e. The Hall–Kier alpha value is -3.40. The summed E-state index contributed by atoms with van der Waals surface area (Å²) in [6.07, 6.45) is -4.48. The molecule has 0 unspecified atom stereocenters. The van der Waals surface area contributed by atoms with E-state index >= 15 is 0 Å². The number of rotatable bonds is 8. The molecule has 0 aliphatic carbocycles. The van der Waals surface area contributed by atoms with Gasteiger partial charge in [0.05, 0.1) is 12.1 Å². The third kappa shape index (κ3) is 7.54. The normalized spacial score (nSPS) is 11.4. The predicted molar refractivity (Wildman–Crippen MR) is 127 cm³/mol. The van der Waals surface area contributed by atoms with E-state index in [-0.39, 0.29) is 36.5 Å². The first-order valence-corrected chi connectivity index (χ1v) is 11.7. The van der Waals surface area contributed by atoms with Gasteiger partial charge in [-0.15, -0.1) is 11.3 Å². The Labute approximate surface area is 205 Å². The zero-order chi connectivity index (χ0) is 25.6. The minimum atomic E-state index is -4.48. The fourth-order valence-corrected chi connectivity index (χ4v) is 4.02. The standard InChI is InChI=1S/C25H25F4N3O2S/c1-17(2)32(24(34)30-21-11-7-19(8-12-21)25(27,28)29)16-23(33)31(15-22-4-3-13-35-22)14-18-5-9-20(26)10-6-18/h3-13,17H,14-16H2,1-2H3,(H,30,34). The maximum Gasteiger partial charge on any atom is 0.416 e. The summed E-state index contributed by atoms with van der Waals surface area (Å²) >= 11 is 1.49. The van der Waals surface area contributed by atoms with E-state index in [2.05, 4.69) is 5.32 Å². The number of anilines is 1. The minimum absolute atomic E-state index is 0.183. The van der Waals surface area contributed by atoms with Crippen molar-refractivity contribution in [3.63, 3.8) is 0 Å². The van der Waals surface area contributed by atoms with Crippen molar-refractivity contribution < 1.29 is 27.2 Å². The highest BCUT2D eigenvalue weighted by Gasteiger charge is 2.30. The minimum Gasteiger partial charge on any atom is -0.332 e. The average Bonchev–Trinajstić information content (AvgIpc) is 3.31. The maximum atomic E-state index is 13.3. The van der Waals surface area contributed by atoms with Gasteiger partial charge in [-0.05, 0) is 67.3 Å². The molecular formula is C25H25F4N3O2S. The molecule has 1 heterocycles. The quantitative estimate of drug-likeness (QED) is 0.360. The lowest BCUT2D eigenvalue weighted by atomic mass is 10.2. The molecule has 35 heavy (non-hydrogen) atoms. The van der Waals surface area contributed by atoms with E-state index in [1.54, 1.807) is 30.9 Å². The van der Waals surface area contributed by atoms with Gasteiger partial charge in [-0.25, -0.2) is 9.18 Å². The second-order valence-electron chi connectivity index (χ2n) is 8.18. The van der Waals surface area contributed by atoms with Crippen LogP contribution in [-0.2, 0) is 24.1 Å².